The van der Waals surface area contributed by atoms with Crippen LogP contribution in [0, 0.1) is 0 Å². The molecular formula is C6H5Cl4NO2S. The maximum atomic E-state index is 11.4. The minimum Gasteiger partial charge on any atom is -0.336 e. The van der Waals surface area contributed by atoms with Gasteiger partial charge in [-0.1, -0.05) is 46.4 Å². The lowest BCUT2D eigenvalue weighted by Crippen LogP contribution is -2.35. The molecule has 0 aromatic carbocycles. The van der Waals surface area contributed by atoms with Gasteiger partial charge >= 0.3 is 0 Å². The zero-order valence-electron chi connectivity index (χ0n) is 6.81. The molecule has 1 aliphatic rings. The van der Waals surface area contributed by atoms with Crippen LogP contribution in [0.3, 0.4) is 0 Å². The Labute approximate surface area is 102 Å². The highest BCUT2D eigenvalue weighted by Crippen LogP contribution is 2.41. The molecule has 80 valence electrons. The van der Waals surface area contributed by atoms with E-state index in [1.54, 1.807) is 0 Å². The SMILES string of the molecule is CS(=O)(=O)C1(Cl)C=C(Cl)NC(Cl)=C1Cl. The van der Waals surface area contributed by atoms with Crippen molar-refractivity contribution < 1.29 is 8.42 Å². The second kappa shape index (κ2) is 3.76. The van der Waals surface area contributed by atoms with Crippen molar-refractivity contribution in [3.63, 3.8) is 0 Å². The van der Waals surface area contributed by atoms with E-state index in [1.165, 1.54) is 0 Å². The van der Waals surface area contributed by atoms with Gasteiger partial charge in [-0.25, -0.2) is 8.42 Å². The zero-order valence-corrected chi connectivity index (χ0v) is 10.7. The summed E-state index contributed by atoms with van der Waals surface area (Å²) in [5.41, 5.74) is 0. The first kappa shape index (κ1) is 12.5. The van der Waals surface area contributed by atoms with Gasteiger partial charge in [0.2, 0.25) is 4.21 Å². The Balaban J connectivity index is 3.41. The summed E-state index contributed by atoms with van der Waals surface area (Å²) in [6.45, 7) is 0. The average Bonchev–Trinajstić information content (AvgIpc) is 1.97. The molecule has 1 atom stereocenters. The molecule has 0 amide bonds. The van der Waals surface area contributed by atoms with E-state index in [0.717, 1.165) is 12.3 Å². The van der Waals surface area contributed by atoms with E-state index >= 15 is 0 Å². The molecule has 1 unspecified atom stereocenters. The summed E-state index contributed by atoms with van der Waals surface area (Å²) >= 11 is 22.7. The lowest BCUT2D eigenvalue weighted by molar-refractivity contribution is 0.595. The Kier molecular flexibility index (Phi) is 3.34. The van der Waals surface area contributed by atoms with E-state index in [0.29, 0.717) is 0 Å². The molecule has 0 saturated carbocycles. The molecule has 0 saturated heterocycles. The van der Waals surface area contributed by atoms with Crippen LogP contribution in [0.2, 0.25) is 0 Å². The molecule has 1 rings (SSSR count). The van der Waals surface area contributed by atoms with Crippen molar-refractivity contribution in [1.29, 1.82) is 0 Å². The fourth-order valence-corrected chi connectivity index (χ4v) is 3.11. The van der Waals surface area contributed by atoms with Gasteiger partial charge in [-0.05, 0) is 6.08 Å². The van der Waals surface area contributed by atoms with Crippen LogP contribution in [-0.4, -0.2) is 18.9 Å². The Morgan fingerprint density at radius 3 is 2.29 bits per heavy atom. The van der Waals surface area contributed by atoms with Crippen molar-refractivity contribution in [1.82, 2.24) is 5.32 Å². The van der Waals surface area contributed by atoms with Gasteiger partial charge in [0.1, 0.15) is 10.3 Å². The molecule has 1 heterocycles. The number of hydrogen-bond donors (Lipinski definition) is 1. The van der Waals surface area contributed by atoms with E-state index < -0.39 is 14.0 Å². The first-order valence-corrected chi connectivity index (χ1v) is 6.68. The van der Waals surface area contributed by atoms with Crippen molar-refractivity contribution in [3.8, 4) is 0 Å². The smallest absolute Gasteiger partial charge is 0.204 e. The maximum Gasteiger partial charge on any atom is 0.204 e. The molecule has 0 radical (unpaired) electrons. The normalized spacial score (nSPS) is 28.5. The minimum absolute atomic E-state index is 0.0137. The standard InChI is InChI=1S/C6H5Cl4NO2S/c1-14(12,13)6(10)2-3(7)11-5(9)4(6)8/h2,11H,1H3. The Hall–Kier alpha value is 0.390. The second-order valence-corrected chi connectivity index (χ2v) is 6.83. The topological polar surface area (TPSA) is 46.2 Å². The van der Waals surface area contributed by atoms with Gasteiger partial charge in [-0.3, -0.25) is 0 Å². The number of rotatable bonds is 1. The second-order valence-electron chi connectivity index (χ2n) is 2.66. The summed E-state index contributed by atoms with van der Waals surface area (Å²) in [6.07, 6.45) is 2.03. The van der Waals surface area contributed by atoms with Gasteiger partial charge in [-0.15, -0.1) is 0 Å². The molecule has 0 aromatic heterocycles. The third-order valence-electron chi connectivity index (χ3n) is 1.57. The summed E-state index contributed by atoms with van der Waals surface area (Å²) in [4.78, 5) is 0. The summed E-state index contributed by atoms with van der Waals surface area (Å²) < 4.78 is 20.9. The fraction of sp³-hybridized carbons (Fsp3) is 0.333. The van der Waals surface area contributed by atoms with E-state index in [-0.39, 0.29) is 15.3 Å². The molecule has 14 heavy (non-hydrogen) atoms. The molecule has 0 bridgehead atoms. The largest absolute Gasteiger partial charge is 0.336 e. The maximum absolute atomic E-state index is 11.4. The van der Waals surface area contributed by atoms with Crippen molar-refractivity contribution >= 4 is 56.2 Å². The number of nitrogens with one attached hydrogen (secondary N) is 1. The van der Waals surface area contributed by atoms with Gasteiger partial charge in [0.25, 0.3) is 0 Å². The molecule has 8 heteroatoms. The van der Waals surface area contributed by atoms with Crippen molar-refractivity contribution in [3.05, 3.63) is 21.4 Å². The van der Waals surface area contributed by atoms with E-state index in [1.807, 2.05) is 0 Å². The van der Waals surface area contributed by atoms with Gasteiger partial charge in [0.15, 0.2) is 9.84 Å². The fourth-order valence-electron chi connectivity index (χ4n) is 0.842. The first-order chi connectivity index (χ1) is 6.18. The molecule has 0 aliphatic carbocycles. The van der Waals surface area contributed by atoms with Crippen LogP contribution in [0.1, 0.15) is 0 Å². The predicted molar refractivity (Wildman–Crippen MR) is 59.2 cm³/mol. The Morgan fingerprint density at radius 2 is 1.86 bits per heavy atom. The van der Waals surface area contributed by atoms with Crippen LogP contribution < -0.4 is 5.32 Å². The monoisotopic (exact) mass is 295 g/mol. The number of halogens is 4. The third kappa shape index (κ3) is 1.99. The zero-order chi connectivity index (χ0) is 11.1. The van der Waals surface area contributed by atoms with Gasteiger partial charge in [0, 0.05) is 6.26 Å². The highest BCUT2D eigenvalue weighted by molar-refractivity contribution is 7.94. The highest BCUT2D eigenvalue weighted by atomic mass is 35.5. The number of alkyl halides is 1. The van der Waals surface area contributed by atoms with E-state index in [4.69, 9.17) is 46.4 Å². The van der Waals surface area contributed by atoms with Crippen LogP contribution in [0.5, 0.6) is 0 Å². The van der Waals surface area contributed by atoms with Gasteiger partial charge < -0.3 is 5.32 Å². The summed E-state index contributed by atoms with van der Waals surface area (Å²) in [6, 6.07) is 0. The molecular weight excluding hydrogens is 292 g/mol. The predicted octanol–water partition coefficient (Wildman–Crippen LogP) is 2.30. The van der Waals surface area contributed by atoms with Crippen LogP contribution in [0.15, 0.2) is 21.4 Å². The number of sulfone groups is 1. The number of hydrogen-bond acceptors (Lipinski definition) is 3. The molecule has 3 nitrogen and oxygen atoms in total. The van der Waals surface area contributed by atoms with Gasteiger partial charge in [0.05, 0.1) is 5.03 Å². The molecule has 1 N–H and O–H groups in total. The van der Waals surface area contributed by atoms with Crippen LogP contribution in [0.4, 0.5) is 0 Å². The molecule has 1 aliphatic heterocycles. The molecule has 0 fully saturated rings. The lowest BCUT2D eigenvalue weighted by atomic mass is 10.3. The Bertz CT molecular complexity index is 427. The number of dihydropyridines is 1. The molecule has 0 spiro atoms. The van der Waals surface area contributed by atoms with E-state index in [2.05, 4.69) is 5.32 Å². The van der Waals surface area contributed by atoms with Crippen molar-refractivity contribution in [2.24, 2.45) is 0 Å². The summed E-state index contributed by atoms with van der Waals surface area (Å²) in [5.74, 6) is 0. The van der Waals surface area contributed by atoms with Crippen molar-refractivity contribution in [2.45, 2.75) is 4.21 Å². The van der Waals surface area contributed by atoms with E-state index in [9.17, 15) is 8.42 Å². The summed E-state index contributed by atoms with van der Waals surface area (Å²) in [5, 5.41) is 2.15. The van der Waals surface area contributed by atoms with Gasteiger partial charge in [-0.2, -0.15) is 0 Å². The first-order valence-electron chi connectivity index (χ1n) is 3.28. The molecule has 0 aromatic rings. The van der Waals surface area contributed by atoms with Crippen LogP contribution in [-0.2, 0) is 9.84 Å². The summed E-state index contributed by atoms with van der Waals surface area (Å²) in [7, 11) is -3.65. The quantitative estimate of drug-likeness (QED) is 0.596. The minimum atomic E-state index is -3.65. The average molecular weight is 297 g/mol. The van der Waals surface area contributed by atoms with Crippen LogP contribution in [0.25, 0.3) is 0 Å². The van der Waals surface area contributed by atoms with Crippen molar-refractivity contribution in [2.75, 3.05) is 6.26 Å². The van der Waals surface area contributed by atoms with Crippen LogP contribution >= 0.6 is 46.4 Å². The highest BCUT2D eigenvalue weighted by Gasteiger charge is 2.44. The Morgan fingerprint density at radius 1 is 1.36 bits per heavy atom. The third-order valence-corrected chi connectivity index (χ3v) is 5.39. The lowest BCUT2D eigenvalue weighted by Gasteiger charge is -2.26.